The summed E-state index contributed by atoms with van der Waals surface area (Å²) in [6.07, 6.45) is -6.45. The van der Waals surface area contributed by atoms with Crippen LogP contribution in [0.2, 0.25) is 0 Å². The second-order valence-corrected chi connectivity index (χ2v) is 5.79. The van der Waals surface area contributed by atoms with Gasteiger partial charge in [0.15, 0.2) is 6.10 Å². The fourth-order valence-corrected chi connectivity index (χ4v) is 2.54. The molecule has 0 aliphatic heterocycles. The van der Waals surface area contributed by atoms with Gasteiger partial charge < -0.3 is 19.3 Å². The highest BCUT2D eigenvalue weighted by Gasteiger charge is 2.31. The van der Waals surface area contributed by atoms with Crippen molar-refractivity contribution >= 4 is 5.97 Å². The number of alkyl halides is 3. The molecule has 8 heteroatoms. The molecule has 2 aromatic rings. The van der Waals surface area contributed by atoms with E-state index >= 15 is 0 Å². The van der Waals surface area contributed by atoms with Crippen molar-refractivity contribution in [3.05, 3.63) is 65.7 Å². The molecular weight excluding hydrogens is 377 g/mol. The standard InChI is InChI=1S/C20H21F3O5/c1-2-26-18(19(24)25)17(14-6-4-3-5-7-14)28-13-12-27-16-10-8-15(9-11-16)20(21,22)23/h3-11,17-18H,2,12-13H2,1H3,(H,24,25). The van der Waals surface area contributed by atoms with Gasteiger partial charge in [-0.1, -0.05) is 30.3 Å². The minimum atomic E-state index is -4.41. The second kappa shape index (κ2) is 10.1. The topological polar surface area (TPSA) is 65.0 Å². The van der Waals surface area contributed by atoms with Gasteiger partial charge in [-0.3, -0.25) is 0 Å². The Morgan fingerprint density at radius 1 is 1.00 bits per heavy atom. The molecule has 2 rings (SSSR count). The first-order valence-electron chi connectivity index (χ1n) is 8.64. The minimum absolute atomic E-state index is 0.0252. The predicted molar refractivity (Wildman–Crippen MR) is 95.1 cm³/mol. The van der Waals surface area contributed by atoms with Crippen molar-refractivity contribution in [3.63, 3.8) is 0 Å². The number of ether oxygens (including phenoxy) is 3. The molecule has 0 radical (unpaired) electrons. The Kier molecular flexibility index (Phi) is 7.83. The van der Waals surface area contributed by atoms with Gasteiger partial charge in [0.1, 0.15) is 18.5 Å². The highest BCUT2D eigenvalue weighted by molar-refractivity contribution is 5.73. The zero-order valence-electron chi connectivity index (χ0n) is 15.2. The van der Waals surface area contributed by atoms with E-state index in [1.807, 2.05) is 0 Å². The van der Waals surface area contributed by atoms with E-state index in [1.54, 1.807) is 37.3 Å². The summed E-state index contributed by atoms with van der Waals surface area (Å²) >= 11 is 0. The third kappa shape index (κ3) is 6.24. The Bertz CT molecular complexity index is 732. The average molecular weight is 398 g/mol. The van der Waals surface area contributed by atoms with Crippen LogP contribution in [-0.2, 0) is 20.4 Å². The molecule has 0 spiro atoms. The number of hydrogen-bond acceptors (Lipinski definition) is 4. The fourth-order valence-electron chi connectivity index (χ4n) is 2.54. The molecule has 0 bridgehead atoms. The van der Waals surface area contributed by atoms with Gasteiger partial charge in [-0.25, -0.2) is 4.79 Å². The molecule has 2 aromatic carbocycles. The number of carboxylic acids is 1. The Hall–Kier alpha value is -2.58. The monoisotopic (exact) mass is 398 g/mol. The van der Waals surface area contributed by atoms with Crippen LogP contribution in [0, 0.1) is 0 Å². The summed E-state index contributed by atoms with van der Waals surface area (Å²) in [4.78, 5) is 11.5. The molecule has 0 amide bonds. The summed E-state index contributed by atoms with van der Waals surface area (Å²) in [7, 11) is 0. The zero-order valence-corrected chi connectivity index (χ0v) is 15.2. The Labute approximate surface area is 160 Å². The normalized spacial score (nSPS) is 13.7. The van der Waals surface area contributed by atoms with Gasteiger partial charge in [-0.15, -0.1) is 0 Å². The first-order valence-corrected chi connectivity index (χ1v) is 8.64. The largest absolute Gasteiger partial charge is 0.491 e. The second-order valence-electron chi connectivity index (χ2n) is 5.79. The average Bonchev–Trinajstić information content (AvgIpc) is 2.67. The molecule has 152 valence electrons. The SMILES string of the molecule is CCOC(C(=O)O)C(OCCOc1ccc(C(F)(F)F)cc1)c1ccccc1. The van der Waals surface area contributed by atoms with Gasteiger partial charge in [0, 0.05) is 6.61 Å². The van der Waals surface area contributed by atoms with Crippen molar-refractivity contribution in [2.24, 2.45) is 0 Å². The van der Waals surface area contributed by atoms with E-state index in [2.05, 4.69) is 0 Å². The predicted octanol–water partition coefficient (Wildman–Crippen LogP) is 4.33. The molecule has 1 N–H and O–H groups in total. The van der Waals surface area contributed by atoms with E-state index in [9.17, 15) is 23.1 Å². The number of carboxylic acid groups (broad SMARTS) is 1. The molecule has 2 unspecified atom stereocenters. The molecule has 0 heterocycles. The van der Waals surface area contributed by atoms with Crippen molar-refractivity contribution in [2.45, 2.75) is 25.3 Å². The summed E-state index contributed by atoms with van der Waals surface area (Å²) in [6.45, 7) is 1.95. The number of rotatable bonds is 10. The quantitative estimate of drug-likeness (QED) is 0.604. The van der Waals surface area contributed by atoms with Crippen molar-refractivity contribution < 1.29 is 37.3 Å². The highest BCUT2D eigenvalue weighted by atomic mass is 19.4. The molecule has 0 saturated heterocycles. The number of halogens is 3. The van der Waals surface area contributed by atoms with E-state index in [1.165, 1.54) is 12.1 Å². The smallest absolute Gasteiger partial charge is 0.416 e. The Morgan fingerprint density at radius 2 is 1.64 bits per heavy atom. The van der Waals surface area contributed by atoms with Gasteiger partial charge in [0.05, 0.1) is 12.2 Å². The van der Waals surface area contributed by atoms with Gasteiger partial charge in [0.25, 0.3) is 0 Å². The van der Waals surface area contributed by atoms with E-state index in [0.717, 1.165) is 12.1 Å². The molecule has 0 aliphatic rings. The Morgan fingerprint density at radius 3 is 2.18 bits per heavy atom. The molecule has 0 saturated carbocycles. The van der Waals surface area contributed by atoms with Gasteiger partial charge in [-0.05, 0) is 36.8 Å². The maximum atomic E-state index is 12.6. The summed E-state index contributed by atoms with van der Waals surface area (Å²) < 4.78 is 54.1. The van der Waals surface area contributed by atoms with Gasteiger partial charge in [-0.2, -0.15) is 13.2 Å². The third-order valence-electron chi connectivity index (χ3n) is 3.82. The fraction of sp³-hybridized carbons (Fsp3) is 0.350. The zero-order chi connectivity index (χ0) is 20.6. The number of hydrogen-bond donors (Lipinski definition) is 1. The molecule has 0 fully saturated rings. The van der Waals surface area contributed by atoms with E-state index < -0.39 is 29.9 Å². The third-order valence-corrected chi connectivity index (χ3v) is 3.82. The molecule has 0 aliphatic carbocycles. The van der Waals surface area contributed by atoms with Crippen LogP contribution in [0.25, 0.3) is 0 Å². The van der Waals surface area contributed by atoms with E-state index in [-0.39, 0.29) is 25.6 Å². The lowest BCUT2D eigenvalue weighted by molar-refractivity contribution is -0.163. The lowest BCUT2D eigenvalue weighted by Crippen LogP contribution is -2.33. The summed E-state index contributed by atoms with van der Waals surface area (Å²) in [5.74, 6) is -0.896. The van der Waals surface area contributed by atoms with Crippen molar-refractivity contribution in [1.29, 1.82) is 0 Å². The number of benzene rings is 2. The van der Waals surface area contributed by atoms with Crippen LogP contribution in [0.1, 0.15) is 24.2 Å². The summed E-state index contributed by atoms with van der Waals surface area (Å²) in [5.41, 5.74) is -0.126. The van der Waals surface area contributed by atoms with Crippen molar-refractivity contribution in [2.75, 3.05) is 19.8 Å². The molecule has 0 aromatic heterocycles. The summed E-state index contributed by atoms with van der Waals surface area (Å²) in [6, 6.07) is 13.1. The molecule has 2 atom stereocenters. The van der Waals surface area contributed by atoms with Crippen LogP contribution in [-0.4, -0.2) is 37.0 Å². The van der Waals surface area contributed by atoms with Crippen molar-refractivity contribution in [3.8, 4) is 5.75 Å². The molecular formula is C20H21F3O5. The van der Waals surface area contributed by atoms with Crippen molar-refractivity contribution in [1.82, 2.24) is 0 Å². The minimum Gasteiger partial charge on any atom is -0.491 e. The lowest BCUT2D eigenvalue weighted by atomic mass is 10.0. The van der Waals surface area contributed by atoms with Crippen LogP contribution >= 0.6 is 0 Å². The first-order chi connectivity index (χ1) is 13.3. The van der Waals surface area contributed by atoms with Crippen LogP contribution in [0.5, 0.6) is 5.75 Å². The molecule has 5 nitrogen and oxygen atoms in total. The van der Waals surface area contributed by atoms with E-state index in [0.29, 0.717) is 5.56 Å². The maximum absolute atomic E-state index is 12.6. The van der Waals surface area contributed by atoms with Gasteiger partial charge >= 0.3 is 12.1 Å². The van der Waals surface area contributed by atoms with Gasteiger partial charge in [0.2, 0.25) is 0 Å². The first kappa shape index (κ1) is 21.7. The van der Waals surface area contributed by atoms with Crippen LogP contribution in [0.3, 0.4) is 0 Å². The summed E-state index contributed by atoms with van der Waals surface area (Å²) in [5, 5.41) is 9.43. The lowest BCUT2D eigenvalue weighted by Gasteiger charge is -2.24. The molecule has 28 heavy (non-hydrogen) atoms. The highest BCUT2D eigenvalue weighted by Crippen LogP contribution is 2.30. The van der Waals surface area contributed by atoms with Crippen LogP contribution in [0.4, 0.5) is 13.2 Å². The van der Waals surface area contributed by atoms with Crippen LogP contribution < -0.4 is 4.74 Å². The maximum Gasteiger partial charge on any atom is 0.416 e. The number of aliphatic carboxylic acids is 1. The van der Waals surface area contributed by atoms with E-state index in [4.69, 9.17) is 14.2 Å². The number of carbonyl (C=O) groups is 1. The van der Waals surface area contributed by atoms with Crippen LogP contribution in [0.15, 0.2) is 54.6 Å². The Balaban J connectivity index is 1.97.